The molecule has 0 unspecified atom stereocenters. The van der Waals surface area contributed by atoms with Gasteiger partial charge in [-0.2, -0.15) is 0 Å². The Kier molecular flexibility index (Phi) is 8.00. The van der Waals surface area contributed by atoms with Gasteiger partial charge in [0.25, 0.3) is 0 Å². The lowest BCUT2D eigenvalue weighted by molar-refractivity contribution is -0.152. The fourth-order valence-electron chi connectivity index (χ4n) is 2.98. The van der Waals surface area contributed by atoms with E-state index in [1.165, 1.54) is 12.1 Å². The Morgan fingerprint density at radius 2 is 1.52 bits per heavy atom. The molecule has 8 nitrogen and oxygen atoms in total. The van der Waals surface area contributed by atoms with Crippen molar-refractivity contribution in [2.75, 3.05) is 19.0 Å². The van der Waals surface area contributed by atoms with E-state index in [1.807, 2.05) is 0 Å². The van der Waals surface area contributed by atoms with Gasteiger partial charge < -0.3 is 19.8 Å². The lowest BCUT2D eigenvalue weighted by Crippen LogP contribution is -2.42. The normalized spacial score (nSPS) is 15.7. The fourth-order valence-corrected chi connectivity index (χ4v) is 4.97. The molecule has 1 aliphatic heterocycles. The highest BCUT2D eigenvalue weighted by atomic mass is 35.5. The highest BCUT2D eigenvalue weighted by Gasteiger charge is 2.44. The maximum atomic E-state index is 12.8. The summed E-state index contributed by atoms with van der Waals surface area (Å²) in [4.78, 5) is 11.8. The fraction of sp³-hybridized carbons (Fsp3) is 0.316. The second kappa shape index (κ2) is 10.0. The summed E-state index contributed by atoms with van der Waals surface area (Å²) in [5.74, 6) is 2.99. The van der Waals surface area contributed by atoms with Crippen LogP contribution in [0.15, 0.2) is 53.4 Å². The number of nitrogens with two attached hydrogens (primary N) is 1. The third-order valence-corrected chi connectivity index (χ3v) is 6.78. The van der Waals surface area contributed by atoms with Crippen molar-refractivity contribution in [3.8, 4) is 11.5 Å². The summed E-state index contributed by atoms with van der Waals surface area (Å²) in [6.45, 7) is 0.491. The molecular formula is C19H22ClNO7S. The Hall–Kier alpha value is -2.17. The van der Waals surface area contributed by atoms with E-state index < -0.39 is 27.0 Å². The Labute approximate surface area is 173 Å². The number of hydrogen-bond donors (Lipinski definition) is 3. The van der Waals surface area contributed by atoms with E-state index in [2.05, 4.69) is 5.90 Å². The standard InChI is InChI=1S/C19H19ClO6S.H3NO/c20-14-1-3-15(4-2-14)26-16-5-7-17(8-6-16)27(23,24)13-19(18(21)22)9-11-25-12-10-19;1-2/h1-8H,9-13H2,(H,21,22);2H,1H2. The maximum Gasteiger partial charge on any atom is 0.310 e. The minimum absolute atomic E-state index is 0.0677. The zero-order valence-electron chi connectivity index (χ0n) is 15.5. The molecule has 158 valence electrons. The van der Waals surface area contributed by atoms with Crippen LogP contribution in [0.5, 0.6) is 11.5 Å². The van der Waals surface area contributed by atoms with Crippen molar-refractivity contribution in [1.29, 1.82) is 0 Å². The maximum absolute atomic E-state index is 12.8. The molecule has 0 atom stereocenters. The van der Waals surface area contributed by atoms with E-state index in [4.69, 9.17) is 26.3 Å². The van der Waals surface area contributed by atoms with Gasteiger partial charge in [0.15, 0.2) is 9.84 Å². The lowest BCUT2D eigenvalue weighted by Gasteiger charge is -2.32. The number of carbonyl (C=O) groups is 1. The number of aliphatic carboxylic acids is 1. The number of sulfone groups is 1. The molecule has 1 heterocycles. The van der Waals surface area contributed by atoms with Gasteiger partial charge in [-0.1, -0.05) is 11.6 Å². The van der Waals surface area contributed by atoms with E-state index in [1.54, 1.807) is 36.4 Å². The number of halogens is 1. The molecule has 0 aromatic heterocycles. The van der Waals surface area contributed by atoms with Crippen LogP contribution in [0.2, 0.25) is 5.02 Å². The molecule has 3 rings (SSSR count). The van der Waals surface area contributed by atoms with Gasteiger partial charge in [-0.15, -0.1) is 0 Å². The molecule has 10 heteroatoms. The van der Waals surface area contributed by atoms with Crippen LogP contribution < -0.4 is 10.6 Å². The first-order valence-electron chi connectivity index (χ1n) is 8.64. The molecule has 0 amide bonds. The van der Waals surface area contributed by atoms with Crippen molar-refractivity contribution in [3.63, 3.8) is 0 Å². The predicted molar refractivity (Wildman–Crippen MR) is 106 cm³/mol. The largest absolute Gasteiger partial charge is 0.481 e. The number of rotatable bonds is 6. The molecule has 2 aromatic carbocycles. The summed E-state index contributed by atoms with van der Waals surface area (Å²) in [7, 11) is -3.77. The summed E-state index contributed by atoms with van der Waals surface area (Å²) >= 11 is 5.83. The van der Waals surface area contributed by atoms with Crippen molar-refractivity contribution in [1.82, 2.24) is 0 Å². The first kappa shape index (κ1) is 23.1. The van der Waals surface area contributed by atoms with Crippen LogP contribution >= 0.6 is 11.6 Å². The van der Waals surface area contributed by atoms with E-state index in [9.17, 15) is 18.3 Å². The van der Waals surface area contributed by atoms with Crippen LogP contribution in [0.25, 0.3) is 0 Å². The summed E-state index contributed by atoms with van der Waals surface area (Å²) in [6.07, 6.45) is 0.360. The predicted octanol–water partition coefficient (Wildman–Crippen LogP) is 3.12. The van der Waals surface area contributed by atoms with Crippen LogP contribution in [-0.2, 0) is 19.4 Å². The summed E-state index contributed by atoms with van der Waals surface area (Å²) in [6, 6.07) is 12.7. The van der Waals surface area contributed by atoms with Crippen LogP contribution in [0.3, 0.4) is 0 Å². The highest BCUT2D eigenvalue weighted by molar-refractivity contribution is 7.91. The van der Waals surface area contributed by atoms with E-state index in [0.29, 0.717) is 16.5 Å². The average Bonchev–Trinajstić information content (AvgIpc) is 2.72. The molecule has 0 bridgehead atoms. The van der Waals surface area contributed by atoms with E-state index in [0.717, 1.165) is 0 Å². The molecule has 0 aliphatic carbocycles. The van der Waals surface area contributed by atoms with E-state index in [-0.39, 0.29) is 31.0 Å². The monoisotopic (exact) mass is 443 g/mol. The number of benzene rings is 2. The molecule has 1 aliphatic rings. The van der Waals surface area contributed by atoms with Gasteiger partial charge in [-0.25, -0.2) is 14.3 Å². The first-order chi connectivity index (χ1) is 13.8. The Bertz CT molecular complexity index is 909. The number of ether oxygens (including phenoxy) is 2. The third kappa shape index (κ3) is 5.91. The van der Waals surface area contributed by atoms with Gasteiger partial charge in [0.1, 0.15) is 11.5 Å². The zero-order chi connectivity index (χ0) is 21.5. The van der Waals surface area contributed by atoms with Crippen molar-refractivity contribution in [2.24, 2.45) is 11.3 Å². The highest BCUT2D eigenvalue weighted by Crippen LogP contribution is 2.35. The molecule has 0 spiro atoms. The third-order valence-electron chi connectivity index (χ3n) is 4.60. The second-order valence-corrected chi connectivity index (χ2v) is 8.91. The Balaban J connectivity index is 0.00000145. The molecule has 1 fully saturated rings. The van der Waals surface area contributed by atoms with Gasteiger partial charge in [0.05, 0.1) is 16.1 Å². The van der Waals surface area contributed by atoms with Gasteiger partial charge in [0.2, 0.25) is 0 Å². The lowest BCUT2D eigenvalue weighted by atomic mass is 9.82. The second-order valence-electron chi connectivity index (χ2n) is 6.48. The minimum atomic E-state index is -3.77. The SMILES string of the molecule is NO.O=C(O)C1(CS(=O)(=O)c2ccc(Oc3ccc(Cl)cc3)cc2)CCOCC1. The van der Waals surface area contributed by atoms with Gasteiger partial charge >= 0.3 is 5.97 Å². The quantitative estimate of drug-likeness (QED) is 0.579. The molecule has 4 N–H and O–H groups in total. The van der Waals surface area contributed by atoms with Gasteiger partial charge in [0, 0.05) is 18.2 Å². The molecule has 2 aromatic rings. The Morgan fingerprint density at radius 3 is 2.00 bits per heavy atom. The zero-order valence-corrected chi connectivity index (χ0v) is 17.0. The van der Waals surface area contributed by atoms with Crippen molar-refractivity contribution in [3.05, 3.63) is 53.6 Å². The molecular weight excluding hydrogens is 422 g/mol. The van der Waals surface area contributed by atoms with Crippen molar-refractivity contribution >= 4 is 27.4 Å². The summed E-state index contributed by atoms with van der Waals surface area (Å²) in [5, 5.41) is 16.7. The van der Waals surface area contributed by atoms with E-state index >= 15 is 0 Å². The smallest absolute Gasteiger partial charge is 0.310 e. The summed E-state index contributed by atoms with van der Waals surface area (Å²) < 4.78 is 36.4. The van der Waals surface area contributed by atoms with Gasteiger partial charge in [-0.05, 0) is 61.4 Å². The number of carboxylic acids is 1. The van der Waals surface area contributed by atoms with Crippen LogP contribution in [0.4, 0.5) is 0 Å². The van der Waals surface area contributed by atoms with Crippen LogP contribution in [0, 0.1) is 5.41 Å². The Morgan fingerprint density at radius 1 is 1.03 bits per heavy atom. The van der Waals surface area contributed by atoms with Crippen molar-refractivity contribution in [2.45, 2.75) is 17.7 Å². The molecule has 29 heavy (non-hydrogen) atoms. The number of carboxylic acid groups (broad SMARTS) is 1. The topological polar surface area (TPSA) is 136 Å². The van der Waals surface area contributed by atoms with Crippen molar-refractivity contribution < 1.29 is 33.0 Å². The summed E-state index contributed by atoms with van der Waals surface area (Å²) in [5.41, 5.74) is -1.31. The number of hydrogen-bond acceptors (Lipinski definition) is 7. The van der Waals surface area contributed by atoms with Gasteiger partial charge in [-0.3, -0.25) is 4.79 Å². The average molecular weight is 444 g/mol. The molecule has 1 saturated heterocycles. The molecule has 0 saturated carbocycles. The molecule has 0 radical (unpaired) electrons. The minimum Gasteiger partial charge on any atom is -0.481 e. The van der Waals surface area contributed by atoms with Crippen LogP contribution in [-0.4, -0.2) is 43.7 Å². The van der Waals surface area contributed by atoms with Crippen LogP contribution in [0.1, 0.15) is 12.8 Å². The first-order valence-corrected chi connectivity index (χ1v) is 10.7.